The average molecular weight is 244 g/mol. The fourth-order valence-corrected chi connectivity index (χ4v) is 2.09. The van der Waals surface area contributed by atoms with Crippen LogP contribution in [0.15, 0.2) is 0 Å². The predicted octanol–water partition coefficient (Wildman–Crippen LogP) is -0.592. The van der Waals surface area contributed by atoms with Crippen molar-refractivity contribution in [2.24, 2.45) is 11.7 Å². The Morgan fingerprint density at radius 3 is 2.53 bits per heavy atom. The van der Waals surface area contributed by atoms with Crippen molar-refractivity contribution < 1.29 is 19.8 Å². The van der Waals surface area contributed by atoms with E-state index in [1.165, 1.54) is 6.92 Å². The smallest absolute Gasteiger partial charge is 0.336 e. The lowest BCUT2D eigenvalue weighted by atomic mass is 9.91. The van der Waals surface area contributed by atoms with E-state index in [0.29, 0.717) is 6.54 Å². The molecule has 6 heteroatoms. The molecule has 0 saturated carbocycles. The summed E-state index contributed by atoms with van der Waals surface area (Å²) >= 11 is 0. The van der Waals surface area contributed by atoms with Gasteiger partial charge in [0, 0.05) is 19.1 Å². The molecule has 1 heterocycles. The Labute approximate surface area is 100 Å². The van der Waals surface area contributed by atoms with Gasteiger partial charge in [-0.3, -0.25) is 9.69 Å². The fraction of sp³-hybridized carbons (Fsp3) is 0.818. The minimum atomic E-state index is -1.80. The standard InChI is InChI=1S/C11H20N2O4/c1-7-3-4-8(9(12)14)5-13(7)6-11(2,17)10(15)16/h7-8,17H,3-6H2,1-2H3,(H2,12,14)(H,15,16). The average Bonchev–Trinajstić information content (AvgIpc) is 2.20. The van der Waals surface area contributed by atoms with Crippen LogP contribution < -0.4 is 5.73 Å². The molecule has 0 aromatic rings. The van der Waals surface area contributed by atoms with Gasteiger partial charge in [-0.25, -0.2) is 4.79 Å². The second-order valence-electron chi connectivity index (χ2n) is 5.03. The molecule has 1 rings (SSSR count). The summed E-state index contributed by atoms with van der Waals surface area (Å²) in [5.41, 5.74) is 3.46. The second kappa shape index (κ2) is 5.01. The van der Waals surface area contributed by atoms with Crippen LogP contribution in [0.5, 0.6) is 0 Å². The van der Waals surface area contributed by atoms with Gasteiger partial charge in [0.1, 0.15) is 0 Å². The van der Waals surface area contributed by atoms with Crippen LogP contribution in [0.25, 0.3) is 0 Å². The molecule has 1 fully saturated rings. The number of nitrogens with zero attached hydrogens (tertiary/aromatic N) is 1. The minimum Gasteiger partial charge on any atom is -0.479 e. The number of aliphatic hydroxyl groups is 1. The van der Waals surface area contributed by atoms with Gasteiger partial charge in [0.2, 0.25) is 5.91 Å². The van der Waals surface area contributed by atoms with Gasteiger partial charge in [-0.15, -0.1) is 0 Å². The van der Waals surface area contributed by atoms with E-state index in [9.17, 15) is 14.7 Å². The quantitative estimate of drug-likeness (QED) is 0.613. The van der Waals surface area contributed by atoms with Crippen molar-refractivity contribution >= 4 is 11.9 Å². The molecule has 0 bridgehead atoms. The number of rotatable bonds is 4. The van der Waals surface area contributed by atoms with Gasteiger partial charge in [0.15, 0.2) is 5.60 Å². The van der Waals surface area contributed by atoms with Crippen molar-refractivity contribution in [3.8, 4) is 0 Å². The molecule has 1 aliphatic rings. The molecular formula is C11H20N2O4. The van der Waals surface area contributed by atoms with Gasteiger partial charge < -0.3 is 15.9 Å². The highest BCUT2D eigenvalue weighted by molar-refractivity contribution is 5.77. The number of hydrogen-bond donors (Lipinski definition) is 3. The number of carboxylic acid groups (broad SMARTS) is 1. The zero-order valence-electron chi connectivity index (χ0n) is 10.2. The van der Waals surface area contributed by atoms with E-state index in [-0.39, 0.29) is 24.4 Å². The van der Waals surface area contributed by atoms with Crippen molar-refractivity contribution in [3.05, 3.63) is 0 Å². The number of primary amides is 1. The first kappa shape index (κ1) is 13.9. The summed E-state index contributed by atoms with van der Waals surface area (Å²) in [5.74, 6) is -1.88. The predicted molar refractivity (Wildman–Crippen MR) is 61.2 cm³/mol. The van der Waals surface area contributed by atoms with Crippen molar-refractivity contribution in [1.82, 2.24) is 4.90 Å². The molecule has 1 amide bonds. The molecule has 17 heavy (non-hydrogen) atoms. The van der Waals surface area contributed by atoms with Crippen LogP contribution in [0.4, 0.5) is 0 Å². The van der Waals surface area contributed by atoms with Crippen LogP contribution in [0.3, 0.4) is 0 Å². The van der Waals surface area contributed by atoms with E-state index in [4.69, 9.17) is 10.8 Å². The number of hydrogen-bond acceptors (Lipinski definition) is 4. The fourth-order valence-electron chi connectivity index (χ4n) is 2.09. The summed E-state index contributed by atoms with van der Waals surface area (Å²) in [7, 11) is 0. The molecule has 1 aliphatic heterocycles. The van der Waals surface area contributed by atoms with Crippen molar-refractivity contribution in [3.63, 3.8) is 0 Å². The highest BCUT2D eigenvalue weighted by Gasteiger charge is 2.37. The molecule has 98 valence electrons. The number of β-amino-alcohol motifs (C(OH)–C–C–N with tert-alkyl or cyclic N) is 1. The topological polar surface area (TPSA) is 104 Å². The van der Waals surface area contributed by atoms with Crippen LogP contribution >= 0.6 is 0 Å². The molecular weight excluding hydrogens is 224 g/mol. The molecule has 0 aromatic heterocycles. The first-order valence-electron chi connectivity index (χ1n) is 5.73. The molecule has 4 N–H and O–H groups in total. The Morgan fingerprint density at radius 2 is 2.06 bits per heavy atom. The zero-order chi connectivity index (χ0) is 13.2. The Bertz CT molecular complexity index is 317. The summed E-state index contributed by atoms with van der Waals surface area (Å²) < 4.78 is 0. The van der Waals surface area contributed by atoms with Gasteiger partial charge >= 0.3 is 5.97 Å². The van der Waals surface area contributed by atoms with Crippen LogP contribution in [0, 0.1) is 5.92 Å². The summed E-state index contributed by atoms with van der Waals surface area (Å²) in [6.45, 7) is 3.64. The largest absolute Gasteiger partial charge is 0.479 e. The Hall–Kier alpha value is -1.14. The Morgan fingerprint density at radius 1 is 1.47 bits per heavy atom. The van der Waals surface area contributed by atoms with Crippen LogP contribution in [-0.2, 0) is 9.59 Å². The lowest BCUT2D eigenvalue weighted by molar-refractivity contribution is -0.159. The number of carbonyl (C=O) groups is 2. The molecule has 0 radical (unpaired) electrons. The number of aliphatic carboxylic acids is 1. The number of carboxylic acids is 1. The SMILES string of the molecule is CC1CCC(C(N)=O)CN1CC(C)(O)C(=O)O. The number of likely N-dealkylation sites (tertiary alicyclic amines) is 1. The molecule has 3 unspecified atom stereocenters. The van der Waals surface area contributed by atoms with Crippen molar-refractivity contribution in [2.45, 2.75) is 38.3 Å². The minimum absolute atomic E-state index is 0.00722. The van der Waals surface area contributed by atoms with E-state index in [1.54, 1.807) is 0 Å². The third-order valence-electron chi connectivity index (χ3n) is 3.39. The maximum absolute atomic E-state index is 11.1. The van der Waals surface area contributed by atoms with Crippen LogP contribution in [0.2, 0.25) is 0 Å². The van der Waals surface area contributed by atoms with Gasteiger partial charge in [-0.05, 0) is 26.7 Å². The number of amides is 1. The third kappa shape index (κ3) is 3.41. The first-order chi connectivity index (χ1) is 7.74. The van der Waals surface area contributed by atoms with Gasteiger partial charge in [0.25, 0.3) is 0 Å². The molecule has 1 saturated heterocycles. The Kier molecular flexibility index (Phi) is 4.11. The molecule has 6 nitrogen and oxygen atoms in total. The van der Waals surface area contributed by atoms with Gasteiger partial charge in [-0.1, -0.05) is 0 Å². The summed E-state index contributed by atoms with van der Waals surface area (Å²) in [5, 5.41) is 18.6. The second-order valence-corrected chi connectivity index (χ2v) is 5.03. The third-order valence-corrected chi connectivity index (χ3v) is 3.39. The molecule has 0 spiro atoms. The van der Waals surface area contributed by atoms with Crippen molar-refractivity contribution in [1.29, 1.82) is 0 Å². The maximum atomic E-state index is 11.1. The summed E-state index contributed by atoms with van der Waals surface area (Å²) in [6.07, 6.45) is 1.51. The number of carbonyl (C=O) groups excluding carboxylic acids is 1. The van der Waals surface area contributed by atoms with Crippen molar-refractivity contribution in [2.75, 3.05) is 13.1 Å². The number of nitrogens with two attached hydrogens (primary N) is 1. The summed E-state index contributed by atoms with van der Waals surface area (Å²) in [6, 6.07) is 0.149. The maximum Gasteiger partial charge on any atom is 0.336 e. The zero-order valence-corrected chi connectivity index (χ0v) is 10.2. The monoisotopic (exact) mass is 244 g/mol. The van der Waals surface area contributed by atoms with Crippen LogP contribution in [0.1, 0.15) is 26.7 Å². The van der Waals surface area contributed by atoms with Crippen LogP contribution in [-0.4, -0.2) is 51.7 Å². The highest BCUT2D eigenvalue weighted by atomic mass is 16.4. The van der Waals surface area contributed by atoms with E-state index in [1.807, 2.05) is 11.8 Å². The van der Waals surface area contributed by atoms with E-state index in [0.717, 1.165) is 12.8 Å². The molecule has 3 atom stereocenters. The van der Waals surface area contributed by atoms with E-state index in [2.05, 4.69) is 0 Å². The molecule has 0 aliphatic carbocycles. The lowest BCUT2D eigenvalue weighted by Gasteiger charge is -2.39. The normalized spacial score (nSPS) is 29.6. The Balaban J connectivity index is 2.68. The highest BCUT2D eigenvalue weighted by Crippen LogP contribution is 2.23. The number of piperidine rings is 1. The first-order valence-corrected chi connectivity index (χ1v) is 5.73. The summed E-state index contributed by atoms with van der Waals surface area (Å²) in [4.78, 5) is 23.8. The van der Waals surface area contributed by atoms with E-state index < -0.39 is 11.6 Å². The lowest BCUT2D eigenvalue weighted by Crippen LogP contribution is -2.53. The van der Waals surface area contributed by atoms with E-state index >= 15 is 0 Å². The van der Waals surface area contributed by atoms with Gasteiger partial charge in [-0.2, -0.15) is 0 Å². The van der Waals surface area contributed by atoms with Gasteiger partial charge in [0.05, 0.1) is 5.92 Å². The molecule has 0 aromatic carbocycles.